The normalized spacial score (nSPS) is 10.9. The minimum absolute atomic E-state index is 0.246. The standard InChI is InChI=1S/C14H17BrFN3O/c1-20-6-5-17-7-12-9-19(10-18-12)8-11-3-2-4-13(16)14(11)15/h2-4,9-10,17H,5-8H2,1H3. The number of benzene rings is 1. The zero-order valence-corrected chi connectivity index (χ0v) is 12.9. The molecule has 0 aliphatic heterocycles. The molecule has 0 aliphatic rings. The SMILES string of the molecule is COCCNCc1cn(Cc2cccc(F)c2Br)cn1. The molecule has 0 radical (unpaired) electrons. The fraction of sp³-hybridized carbons (Fsp3) is 0.357. The highest BCUT2D eigenvalue weighted by atomic mass is 79.9. The largest absolute Gasteiger partial charge is 0.383 e. The van der Waals surface area contributed by atoms with Gasteiger partial charge >= 0.3 is 0 Å². The van der Waals surface area contributed by atoms with Gasteiger partial charge in [-0.05, 0) is 27.6 Å². The van der Waals surface area contributed by atoms with Crippen LogP contribution in [-0.2, 0) is 17.8 Å². The minimum Gasteiger partial charge on any atom is -0.383 e. The summed E-state index contributed by atoms with van der Waals surface area (Å²) in [6.45, 7) is 2.75. The molecule has 0 unspecified atom stereocenters. The smallest absolute Gasteiger partial charge is 0.137 e. The van der Waals surface area contributed by atoms with Crippen LogP contribution in [0, 0.1) is 5.82 Å². The maximum Gasteiger partial charge on any atom is 0.137 e. The van der Waals surface area contributed by atoms with Crippen LogP contribution >= 0.6 is 15.9 Å². The fourth-order valence-electron chi connectivity index (χ4n) is 1.84. The van der Waals surface area contributed by atoms with E-state index < -0.39 is 0 Å². The summed E-state index contributed by atoms with van der Waals surface area (Å²) in [4.78, 5) is 4.31. The van der Waals surface area contributed by atoms with Crippen LogP contribution in [0.3, 0.4) is 0 Å². The number of rotatable bonds is 7. The topological polar surface area (TPSA) is 39.1 Å². The fourth-order valence-corrected chi connectivity index (χ4v) is 2.23. The molecule has 0 fully saturated rings. The second-order valence-corrected chi connectivity index (χ2v) is 5.21. The molecule has 0 spiro atoms. The number of ether oxygens (including phenoxy) is 1. The molecule has 1 aromatic carbocycles. The van der Waals surface area contributed by atoms with Crippen LogP contribution in [0.2, 0.25) is 0 Å². The maximum absolute atomic E-state index is 13.4. The third-order valence-corrected chi connectivity index (χ3v) is 3.75. The van der Waals surface area contributed by atoms with E-state index in [4.69, 9.17) is 4.74 Å². The highest BCUT2D eigenvalue weighted by Gasteiger charge is 2.06. The zero-order valence-electron chi connectivity index (χ0n) is 11.3. The molecule has 1 N–H and O–H groups in total. The van der Waals surface area contributed by atoms with Crippen molar-refractivity contribution in [1.29, 1.82) is 0 Å². The molecule has 4 nitrogen and oxygen atoms in total. The average Bonchev–Trinajstić information content (AvgIpc) is 2.88. The van der Waals surface area contributed by atoms with Crippen molar-refractivity contribution in [3.8, 4) is 0 Å². The number of imidazole rings is 1. The summed E-state index contributed by atoms with van der Waals surface area (Å²) in [6, 6.07) is 5.04. The molecule has 1 aromatic heterocycles. The summed E-state index contributed by atoms with van der Waals surface area (Å²) in [5.74, 6) is -0.246. The van der Waals surface area contributed by atoms with Crippen molar-refractivity contribution in [2.24, 2.45) is 0 Å². The van der Waals surface area contributed by atoms with Gasteiger partial charge in [-0.2, -0.15) is 0 Å². The second kappa shape index (κ2) is 7.52. The van der Waals surface area contributed by atoms with E-state index in [1.807, 2.05) is 16.8 Å². The van der Waals surface area contributed by atoms with Crippen molar-refractivity contribution in [1.82, 2.24) is 14.9 Å². The van der Waals surface area contributed by atoms with Crippen LogP contribution in [0.15, 0.2) is 35.2 Å². The number of methoxy groups -OCH3 is 1. The first-order chi connectivity index (χ1) is 9.70. The van der Waals surface area contributed by atoms with Gasteiger partial charge in [0.1, 0.15) is 5.82 Å². The van der Waals surface area contributed by atoms with Crippen LogP contribution in [0.4, 0.5) is 4.39 Å². The predicted octanol–water partition coefficient (Wildman–Crippen LogP) is 2.57. The minimum atomic E-state index is -0.246. The maximum atomic E-state index is 13.4. The Morgan fingerprint density at radius 3 is 3.10 bits per heavy atom. The lowest BCUT2D eigenvalue weighted by molar-refractivity contribution is 0.199. The van der Waals surface area contributed by atoms with Crippen LogP contribution in [0.5, 0.6) is 0 Å². The number of hydrogen-bond donors (Lipinski definition) is 1. The molecule has 6 heteroatoms. The monoisotopic (exact) mass is 341 g/mol. The molecule has 2 rings (SSSR count). The Labute approximate surface area is 126 Å². The van der Waals surface area contributed by atoms with E-state index in [0.717, 1.165) is 17.8 Å². The highest BCUT2D eigenvalue weighted by Crippen LogP contribution is 2.21. The van der Waals surface area contributed by atoms with Gasteiger partial charge in [-0.25, -0.2) is 9.37 Å². The van der Waals surface area contributed by atoms with Crippen LogP contribution in [-0.4, -0.2) is 29.8 Å². The summed E-state index contributed by atoms with van der Waals surface area (Å²) >= 11 is 3.27. The lowest BCUT2D eigenvalue weighted by Crippen LogP contribution is -2.18. The van der Waals surface area contributed by atoms with Gasteiger partial charge in [-0.3, -0.25) is 0 Å². The molecule has 20 heavy (non-hydrogen) atoms. The van der Waals surface area contributed by atoms with Crippen molar-refractivity contribution < 1.29 is 9.13 Å². The summed E-state index contributed by atoms with van der Waals surface area (Å²) < 4.78 is 20.8. The van der Waals surface area contributed by atoms with Crippen molar-refractivity contribution in [2.75, 3.05) is 20.3 Å². The van der Waals surface area contributed by atoms with Gasteiger partial charge in [0.25, 0.3) is 0 Å². The van der Waals surface area contributed by atoms with Crippen molar-refractivity contribution in [3.63, 3.8) is 0 Å². The van der Waals surface area contributed by atoms with E-state index in [0.29, 0.717) is 24.2 Å². The van der Waals surface area contributed by atoms with E-state index in [1.54, 1.807) is 19.5 Å². The van der Waals surface area contributed by atoms with Gasteiger partial charge in [0.15, 0.2) is 0 Å². The highest BCUT2D eigenvalue weighted by molar-refractivity contribution is 9.10. The molecule has 0 amide bonds. The van der Waals surface area contributed by atoms with Crippen LogP contribution in [0.25, 0.3) is 0 Å². The Morgan fingerprint density at radius 2 is 2.30 bits per heavy atom. The molecular formula is C14H17BrFN3O. The van der Waals surface area contributed by atoms with Gasteiger partial charge in [-0.15, -0.1) is 0 Å². The molecule has 0 saturated heterocycles. The van der Waals surface area contributed by atoms with Gasteiger partial charge in [0.2, 0.25) is 0 Å². The van der Waals surface area contributed by atoms with E-state index in [1.165, 1.54) is 6.07 Å². The molecule has 0 aliphatic carbocycles. The molecule has 0 bridgehead atoms. The van der Waals surface area contributed by atoms with E-state index in [2.05, 4.69) is 26.2 Å². The predicted molar refractivity (Wildman–Crippen MR) is 79.0 cm³/mol. The Kier molecular flexibility index (Phi) is 5.70. The van der Waals surface area contributed by atoms with Crippen molar-refractivity contribution >= 4 is 15.9 Å². The number of nitrogens with zero attached hydrogens (tertiary/aromatic N) is 2. The number of aromatic nitrogens is 2. The Balaban J connectivity index is 1.94. The van der Waals surface area contributed by atoms with Crippen LogP contribution < -0.4 is 5.32 Å². The first-order valence-electron chi connectivity index (χ1n) is 6.34. The van der Waals surface area contributed by atoms with E-state index in [-0.39, 0.29) is 5.82 Å². The lowest BCUT2D eigenvalue weighted by atomic mass is 10.2. The third kappa shape index (κ3) is 4.13. The average molecular weight is 342 g/mol. The molecule has 108 valence electrons. The molecular weight excluding hydrogens is 325 g/mol. The van der Waals surface area contributed by atoms with Crippen molar-refractivity contribution in [2.45, 2.75) is 13.1 Å². The Morgan fingerprint density at radius 1 is 1.45 bits per heavy atom. The van der Waals surface area contributed by atoms with E-state index in [9.17, 15) is 4.39 Å². The summed E-state index contributed by atoms with van der Waals surface area (Å²) in [5, 5.41) is 3.23. The van der Waals surface area contributed by atoms with Gasteiger partial charge < -0.3 is 14.6 Å². The third-order valence-electron chi connectivity index (χ3n) is 2.86. The summed E-state index contributed by atoms with van der Waals surface area (Å²) in [7, 11) is 1.67. The Hall–Kier alpha value is -1.24. The number of halogens is 2. The molecule has 0 atom stereocenters. The van der Waals surface area contributed by atoms with Crippen LogP contribution in [0.1, 0.15) is 11.3 Å². The van der Waals surface area contributed by atoms with Gasteiger partial charge in [-0.1, -0.05) is 12.1 Å². The summed E-state index contributed by atoms with van der Waals surface area (Å²) in [6.07, 6.45) is 3.71. The zero-order chi connectivity index (χ0) is 14.4. The molecule has 1 heterocycles. The summed E-state index contributed by atoms with van der Waals surface area (Å²) in [5.41, 5.74) is 1.84. The van der Waals surface area contributed by atoms with Crippen molar-refractivity contribution in [3.05, 3.63) is 52.3 Å². The first kappa shape index (κ1) is 15.2. The van der Waals surface area contributed by atoms with Gasteiger partial charge in [0, 0.05) is 32.9 Å². The first-order valence-corrected chi connectivity index (χ1v) is 7.13. The lowest BCUT2D eigenvalue weighted by Gasteiger charge is -2.06. The Bertz CT molecular complexity index is 559. The number of hydrogen-bond acceptors (Lipinski definition) is 3. The number of nitrogens with one attached hydrogen (secondary N) is 1. The second-order valence-electron chi connectivity index (χ2n) is 4.42. The molecule has 0 saturated carbocycles. The van der Waals surface area contributed by atoms with Gasteiger partial charge in [0.05, 0.1) is 23.1 Å². The quantitative estimate of drug-likeness (QED) is 0.786. The molecule has 2 aromatic rings. The van der Waals surface area contributed by atoms with E-state index >= 15 is 0 Å².